The minimum Gasteiger partial charge on any atom is -0.481 e. The number of piperidine rings is 1. The summed E-state index contributed by atoms with van der Waals surface area (Å²) >= 11 is 3.45. The summed E-state index contributed by atoms with van der Waals surface area (Å²) in [5.41, 5.74) is 1.84. The number of aromatic nitrogens is 2. The molecule has 5 nitrogen and oxygen atoms in total. The van der Waals surface area contributed by atoms with Crippen LogP contribution in [0.15, 0.2) is 40.9 Å². The molecule has 0 atom stereocenters. The second kappa shape index (κ2) is 6.44. The maximum atomic E-state index is 11.0. The van der Waals surface area contributed by atoms with Crippen molar-refractivity contribution >= 4 is 27.7 Å². The van der Waals surface area contributed by atoms with Crippen LogP contribution in [-0.2, 0) is 4.79 Å². The van der Waals surface area contributed by atoms with Crippen LogP contribution in [0.25, 0.3) is 11.3 Å². The van der Waals surface area contributed by atoms with Gasteiger partial charge in [-0.2, -0.15) is 0 Å². The van der Waals surface area contributed by atoms with Gasteiger partial charge in [-0.1, -0.05) is 28.1 Å². The lowest BCUT2D eigenvalue weighted by atomic mass is 9.97. The van der Waals surface area contributed by atoms with E-state index in [2.05, 4.69) is 31.0 Å². The zero-order valence-corrected chi connectivity index (χ0v) is 13.5. The Morgan fingerprint density at radius 3 is 2.55 bits per heavy atom. The first kappa shape index (κ1) is 15.0. The van der Waals surface area contributed by atoms with Crippen LogP contribution in [0.2, 0.25) is 0 Å². The molecule has 6 heteroatoms. The minimum absolute atomic E-state index is 0.231. The standard InChI is InChI=1S/C16H16BrN3O2/c17-13-3-1-2-12(10-13)14-4-5-15(19-18-14)20-8-6-11(7-9-20)16(21)22/h1-5,10-11H,6-9H2,(H,21,22). The van der Waals surface area contributed by atoms with Gasteiger partial charge in [0.1, 0.15) is 0 Å². The zero-order valence-electron chi connectivity index (χ0n) is 11.9. The highest BCUT2D eigenvalue weighted by atomic mass is 79.9. The first-order valence-corrected chi connectivity index (χ1v) is 8.00. The fraction of sp³-hybridized carbons (Fsp3) is 0.312. The lowest BCUT2D eigenvalue weighted by Gasteiger charge is -2.30. The number of aliphatic carboxylic acids is 1. The van der Waals surface area contributed by atoms with E-state index >= 15 is 0 Å². The molecule has 1 saturated heterocycles. The molecule has 1 N–H and O–H groups in total. The highest BCUT2D eigenvalue weighted by Crippen LogP contribution is 2.24. The molecule has 1 aliphatic rings. The molecular weight excluding hydrogens is 346 g/mol. The van der Waals surface area contributed by atoms with Gasteiger partial charge in [0.25, 0.3) is 0 Å². The smallest absolute Gasteiger partial charge is 0.306 e. The van der Waals surface area contributed by atoms with E-state index in [9.17, 15) is 4.79 Å². The Bertz CT molecular complexity index is 667. The van der Waals surface area contributed by atoms with Crippen molar-refractivity contribution in [3.63, 3.8) is 0 Å². The maximum absolute atomic E-state index is 11.0. The Morgan fingerprint density at radius 1 is 1.18 bits per heavy atom. The van der Waals surface area contributed by atoms with E-state index < -0.39 is 5.97 Å². The molecule has 0 aliphatic carbocycles. The normalized spacial score (nSPS) is 15.8. The van der Waals surface area contributed by atoms with E-state index in [1.807, 2.05) is 36.4 Å². The molecule has 0 radical (unpaired) electrons. The molecule has 3 rings (SSSR count). The van der Waals surface area contributed by atoms with Gasteiger partial charge in [-0.05, 0) is 37.1 Å². The SMILES string of the molecule is O=C(O)C1CCN(c2ccc(-c3cccc(Br)c3)nn2)CC1. The van der Waals surface area contributed by atoms with Crippen LogP contribution in [0.4, 0.5) is 5.82 Å². The van der Waals surface area contributed by atoms with Gasteiger partial charge in [0, 0.05) is 23.1 Å². The lowest BCUT2D eigenvalue weighted by molar-refractivity contribution is -0.142. The molecule has 1 aromatic carbocycles. The number of hydrogen-bond acceptors (Lipinski definition) is 4. The van der Waals surface area contributed by atoms with Gasteiger partial charge in [0.15, 0.2) is 5.82 Å². The summed E-state index contributed by atoms with van der Waals surface area (Å²) in [5.74, 6) is -0.122. The van der Waals surface area contributed by atoms with Crippen LogP contribution in [0.5, 0.6) is 0 Å². The lowest BCUT2D eigenvalue weighted by Crippen LogP contribution is -2.36. The molecule has 0 unspecified atom stereocenters. The molecule has 1 fully saturated rings. The molecule has 1 aliphatic heterocycles. The molecule has 1 aromatic heterocycles. The molecule has 2 aromatic rings. The fourth-order valence-corrected chi connectivity index (χ4v) is 3.05. The van der Waals surface area contributed by atoms with Crippen molar-refractivity contribution in [3.8, 4) is 11.3 Å². The van der Waals surface area contributed by atoms with Crippen LogP contribution in [0.3, 0.4) is 0 Å². The van der Waals surface area contributed by atoms with Gasteiger partial charge >= 0.3 is 5.97 Å². The number of carbonyl (C=O) groups is 1. The van der Waals surface area contributed by atoms with Gasteiger partial charge in [0.2, 0.25) is 0 Å². The number of anilines is 1. The summed E-state index contributed by atoms with van der Waals surface area (Å²) in [6, 6.07) is 11.8. The number of nitrogens with zero attached hydrogens (tertiary/aromatic N) is 3. The molecule has 114 valence electrons. The van der Waals surface area contributed by atoms with Gasteiger partial charge in [0.05, 0.1) is 11.6 Å². The van der Waals surface area contributed by atoms with E-state index in [1.165, 1.54) is 0 Å². The topological polar surface area (TPSA) is 66.3 Å². The average molecular weight is 362 g/mol. The molecular formula is C16H16BrN3O2. The van der Waals surface area contributed by atoms with Crippen LogP contribution in [-0.4, -0.2) is 34.4 Å². The van der Waals surface area contributed by atoms with Crippen molar-refractivity contribution in [2.45, 2.75) is 12.8 Å². The highest BCUT2D eigenvalue weighted by molar-refractivity contribution is 9.10. The third-order valence-electron chi connectivity index (χ3n) is 3.94. The number of benzene rings is 1. The first-order valence-electron chi connectivity index (χ1n) is 7.21. The average Bonchev–Trinajstić information content (AvgIpc) is 2.55. The predicted molar refractivity (Wildman–Crippen MR) is 87.7 cm³/mol. The Labute approximate surface area is 137 Å². The third kappa shape index (κ3) is 3.27. The minimum atomic E-state index is -0.698. The summed E-state index contributed by atoms with van der Waals surface area (Å²) < 4.78 is 1.01. The van der Waals surface area contributed by atoms with Crippen molar-refractivity contribution in [1.29, 1.82) is 0 Å². The Morgan fingerprint density at radius 2 is 1.95 bits per heavy atom. The molecule has 0 saturated carbocycles. The Hall–Kier alpha value is -1.95. The van der Waals surface area contributed by atoms with E-state index in [1.54, 1.807) is 0 Å². The second-order valence-electron chi connectivity index (χ2n) is 5.39. The summed E-state index contributed by atoms with van der Waals surface area (Å²) in [5, 5.41) is 17.6. The first-order chi connectivity index (χ1) is 10.6. The summed E-state index contributed by atoms with van der Waals surface area (Å²) in [6.45, 7) is 1.42. The molecule has 0 bridgehead atoms. The maximum Gasteiger partial charge on any atom is 0.306 e. The van der Waals surface area contributed by atoms with Gasteiger partial charge in [-0.15, -0.1) is 10.2 Å². The molecule has 0 spiro atoms. The number of halogens is 1. The van der Waals surface area contributed by atoms with E-state index in [4.69, 9.17) is 5.11 Å². The number of carboxylic acid groups (broad SMARTS) is 1. The zero-order chi connectivity index (χ0) is 15.5. The van der Waals surface area contributed by atoms with Gasteiger partial charge in [-0.25, -0.2) is 0 Å². The number of carboxylic acids is 1. The van der Waals surface area contributed by atoms with E-state index in [0.29, 0.717) is 25.9 Å². The largest absolute Gasteiger partial charge is 0.481 e. The predicted octanol–water partition coefficient (Wildman–Crippen LogP) is 3.21. The van der Waals surface area contributed by atoms with Gasteiger partial charge < -0.3 is 10.0 Å². The monoisotopic (exact) mass is 361 g/mol. The van der Waals surface area contributed by atoms with Gasteiger partial charge in [-0.3, -0.25) is 4.79 Å². The molecule has 0 amide bonds. The van der Waals surface area contributed by atoms with Crippen molar-refractivity contribution < 1.29 is 9.90 Å². The quantitative estimate of drug-likeness (QED) is 0.908. The van der Waals surface area contributed by atoms with Crippen molar-refractivity contribution in [2.24, 2.45) is 5.92 Å². The Balaban J connectivity index is 1.71. The van der Waals surface area contributed by atoms with Crippen LogP contribution in [0.1, 0.15) is 12.8 Å². The summed E-state index contributed by atoms with van der Waals surface area (Å²) in [6.07, 6.45) is 1.31. The van der Waals surface area contributed by atoms with Crippen LogP contribution < -0.4 is 4.90 Å². The third-order valence-corrected chi connectivity index (χ3v) is 4.43. The summed E-state index contributed by atoms with van der Waals surface area (Å²) in [7, 11) is 0. The number of rotatable bonds is 3. The van der Waals surface area contributed by atoms with Crippen LogP contribution >= 0.6 is 15.9 Å². The van der Waals surface area contributed by atoms with E-state index in [0.717, 1.165) is 21.5 Å². The summed E-state index contributed by atoms with van der Waals surface area (Å²) in [4.78, 5) is 13.1. The molecule has 2 heterocycles. The molecule has 22 heavy (non-hydrogen) atoms. The highest BCUT2D eigenvalue weighted by Gasteiger charge is 2.25. The van der Waals surface area contributed by atoms with Crippen molar-refractivity contribution in [1.82, 2.24) is 10.2 Å². The fourth-order valence-electron chi connectivity index (χ4n) is 2.65. The van der Waals surface area contributed by atoms with E-state index in [-0.39, 0.29) is 5.92 Å². The second-order valence-corrected chi connectivity index (χ2v) is 6.30. The van der Waals surface area contributed by atoms with Crippen molar-refractivity contribution in [3.05, 3.63) is 40.9 Å². The number of hydrogen-bond donors (Lipinski definition) is 1. The van der Waals surface area contributed by atoms with Crippen molar-refractivity contribution in [2.75, 3.05) is 18.0 Å². The van der Waals surface area contributed by atoms with Crippen LogP contribution in [0, 0.1) is 5.92 Å². The Kier molecular flexibility index (Phi) is 4.38.